The van der Waals surface area contributed by atoms with E-state index in [0.717, 1.165) is 62.8 Å². The number of nitrogens with zero attached hydrogens (tertiary/aromatic N) is 2. The van der Waals surface area contributed by atoms with Crippen LogP contribution >= 0.6 is 0 Å². The zero-order valence-electron chi connectivity index (χ0n) is 19.1. The zero-order chi connectivity index (χ0) is 22.2. The zero-order valence-corrected chi connectivity index (χ0v) is 19.1. The number of carbonyl (C=O) groups is 1. The highest BCUT2D eigenvalue weighted by molar-refractivity contribution is 5.94. The fourth-order valence-electron chi connectivity index (χ4n) is 4.73. The molecule has 0 spiro atoms. The van der Waals surface area contributed by atoms with E-state index in [0.29, 0.717) is 12.1 Å². The van der Waals surface area contributed by atoms with Crippen molar-refractivity contribution in [1.29, 1.82) is 0 Å². The molecule has 2 saturated heterocycles. The number of rotatable bonds is 8. The molecule has 1 atom stereocenters. The maximum atomic E-state index is 13.1. The first-order valence-electron chi connectivity index (χ1n) is 11.8. The van der Waals surface area contributed by atoms with Crippen molar-refractivity contribution in [2.45, 2.75) is 31.8 Å². The molecule has 2 aromatic rings. The van der Waals surface area contributed by atoms with Crippen molar-refractivity contribution >= 4 is 5.91 Å². The number of benzene rings is 2. The molecule has 0 bridgehead atoms. The molecule has 0 aromatic heterocycles. The van der Waals surface area contributed by atoms with Crippen LogP contribution in [0.15, 0.2) is 48.5 Å². The Bertz CT molecular complexity index is 876. The maximum Gasteiger partial charge on any atom is 0.251 e. The average Bonchev–Trinajstić information content (AvgIpc) is 2.86. The molecular formula is C26H35N3O3. The molecule has 2 heterocycles. The minimum absolute atomic E-state index is 0.0225. The fraction of sp³-hybridized carbons (Fsp3) is 0.500. The Balaban J connectivity index is 1.44. The van der Waals surface area contributed by atoms with Crippen LogP contribution in [0.25, 0.3) is 0 Å². The van der Waals surface area contributed by atoms with Crippen molar-refractivity contribution in [1.82, 2.24) is 15.1 Å². The van der Waals surface area contributed by atoms with Gasteiger partial charge in [0.15, 0.2) is 0 Å². The van der Waals surface area contributed by atoms with Crippen LogP contribution in [0.4, 0.5) is 0 Å². The van der Waals surface area contributed by atoms with E-state index < -0.39 is 0 Å². The molecule has 2 aliphatic heterocycles. The molecule has 1 N–H and O–H groups in total. The number of hydrogen-bond donors (Lipinski definition) is 1. The molecule has 6 heteroatoms. The number of carbonyl (C=O) groups excluding carboxylic acids is 1. The normalized spacial score (nSPS) is 18.8. The van der Waals surface area contributed by atoms with Gasteiger partial charge in [-0.15, -0.1) is 0 Å². The van der Waals surface area contributed by atoms with Gasteiger partial charge in [0.2, 0.25) is 0 Å². The lowest BCUT2D eigenvalue weighted by Crippen LogP contribution is -2.40. The monoisotopic (exact) mass is 437 g/mol. The largest absolute Gasteiger partial charge is 0.496 e. The third-order valence-corrected chi connectivity index (χ3v) is 6.48. The molecule has 1 amide bonds. The van der Waals surface area contributed by atoms with E-state index >= 15 is 0 Å². The van der Waals surface area contributed by atoms with Crippen molar-refractivity contribution in [3.05, 3.63) is 65.2 Å². The van der Waals surface area contributed by atoms with Crippen LogP contribution in [0.1, 0.15) is 46.8 Å². The van der Waals surface area contributed by atoms with Crippen LogP contribution in [0.3, 0.4) is 0 Å². The third kappa shape index (κ3) is 5.88. The Morgan fingerprint density at radius 3 is 2.59 bits per heavy atom. The predicted molar refractivity (Wildman–Crippen MR) is 126 cm³/mol. The topological polar surface area (TPSA) is 54.0 Å². The molecule has 2 aliphatic rings. The minimum Gasteiger partial charge on any atom is -0.496 e. The summed E-state index contributed by atoms with van der Waals surface area (Å²) in [7, 11) is 1.71. The van der Waals surface area contributed by atoms with Crippen molar-refractivity contribution < 1.29 is 14.3 Å². The number of nitrogens with one attached hydrogen (secondary N) is 1. The van der Waals surface area contributed by atoms with Crippen molar-refractivity contribution in [2.24, 2.45) is 0 Å². The summed E-state index contributed by atoms with van der Waals surface area (Å²) in [6.45, 7) is 6.94. The second-order valence-electron chi connectivity index (χ2n) is 8.65. The van der Waals surface area contributed by atoms with Crippen LogP contribution in [-0.2, 0) is 11.3 Å². The molecule has 172 valence electrons. The first kappa shape index (κ1) is 22.8. The SMILES string of the molecule is COc1ccccc1C(CNC(=O)c1cccc(CN2CCOCC2)c1)N1CCCCC1. The van der Waals surface area contributed by atoms with Gasteiger partial charge in [0.1, 0.15) is 5.75 Å². The van der Waals surface area contributed by atoms with E-state index in [2.05, 4.69) is 27.2 Å². The van der Waals surface area contributed by atoms with Gasteiger partial charge in [-0.1, -0.05) is 36.8 Å². The fourth-order valence-corrected chi connectivity index (χ4v) is 4.73. The molecule has 2 aromatic carbocycles. The van der Waals surface area contributed by atoms with E-state index in [4.69, 9.17) is 9.47 Å². The van der Waals surface area contributed by atoms with Crippen molar-refractivity contribution in [2.75, 3.05) is 53.0 Å². The summed E-state index contributed by atoms with van der Waals surface area (Å²) in [5.41, 5.74) is 3.02. The van der Waals surface area contributed by atoms with Crippen molar-refractivity contribution in [3.63, 3.8) is 0 Å². The number of morpholine rings is 1. The van der Waals surface area contributed by atoms with Crippen LogP contribution in [-0.4, -0.2) is 68.8 Å². The Labute approximate surface area is 191 Å². The number of hydrogen-bond acceptors (Lipinski definition) is 5. The van der Waals surface area contributed by atoms with Crippen LogP contribution in [0, 0.1) is 0 Å². The van der Waals surface area contributed by atoms with Gasteiger partial charge in [-0.3, -0.25) is 14.6 Å². The highest BCUT2D eigenvalue weighted by Crippen LogP contribution is 2.31. The first-order valence-corrected chi connectivity index (χ1v) is 11.8. The van der Waals surface area contributed by atoms with E-state index in [1.54, 1.807) is 7.11 Å². The van der Waals surface area contributed by atoms with Crippen LogP contribution < -0.4 is 10.1 Å². The van der Waals surface area contributed by atoms with Crippen LogP contribution in [0.5, 0.6) is 5.75 Å². The molecule has 1 unspecified atom stereocenters. The summed E-state index contributed by atoms with van der Waals surface area (Å²) in [5, 5.41) is 3.21. The molecule has 0 saturated carbocycles. The Morgan fingerprint density at radius 2 is 1.81 bits per heavy atom. The van der Waals surface area contributed by atoms with Gasteiger partial charge in [0.25, 0.3) is 5.91 Å². The van der Waals surface area contributed by atoms with E-state index in [1.807, 2.05) is 36.4 Å². The molecule has 4 rings (SSSR count). The summed E-state index contributed by atoms with van der Waals surface area (Å²) < 4.78 is 11.1. The second kappa shape index (κ2) is 11.5. The highest BCUT2D eigenvalue weighted by atomic mass is 16.5. The Kier molecular flexibility index (Phi) is 8.15. The number of likely N-dealkylation sites (tertiary alicyclic amines) is 1. The molecule has 32 heavy (non-hydrogen) atoms. The highest BCUT2D eigenvalue weighted by Gasteiger charge is 2.25. The summed E-state index contributed by atoms with van der Waals surface area (Å²) >= 11 is 0. The number of methoxy groups -OCH3 is 1. The standard InChI is InChI=1S/C26H35N3O3/c1-31-25-11-4-3-10-23(25)24(29-12-5-2-6-13-29)19-27-26(30)22-9-7-8-21(18-22)20-28-14-16-32-17-15-28/h3-4,7-11,18,24H,2,5-6,12-17,19-20H2,1H3,(H,27,30). The lowest BCUT2D eigenvalue weighted by atomic mass is 10.0. The van der Waals surface area contributed by atoms with Gasteiger partial charge >= 0.3 is 0 Å². The van der Waals surface area contributed by atoms with Gasteiger partial charge in [0.05, 0.1) is 26.4 Å². The van der Waals surface area contributed by atoms with E-state index in [-0.39, 0.29) is 11.9 Å². The quantitative estimate of drug-likeness (QED) is 0.685. The molecular weight excluding hydrogens is 402 g/mol. The third-order valence-electron chi connectivity index (χ3n) is 6.48. The summed E-state index contributed by atoms with van der Waals surface area (Å²) in [6, 6.07) is 16.3. The molecule has 2 fully saturated rings. The number of piperidine rings is 1. The first-order chi connectivity index (χ1) is 15.7. The Morgan fingerprint density at radius 1 is 1.03 bits per heavy atom. The summed E-state index contributed by atoms with van der Waals surface area (Å²) in [4.78, 5) is 17.9. The predicted octanol–water partition coefficient (Wildman–Crippen LogP) is 3.48. The lowest BCUT2D eigenvalue weighted by Gasteiger charge is -2.35. The average molecular weight is 438 g/mol. The van der Waals surface area contributed by atoms with Gasteiger partial charge < -0.3 is 14.8 Å². The Hall–Kier alpha value is -2.41. The summed E-state index contributed by atoms with van der Waals surface area (Å²) in [5.74, 6) is 0.857. The van der Waals surface area contributed by atoms with E-state index in [9.17, 15) is 4.79 Å². The van der Waals surface area contributed by atoms with E-state index in [1.165, 1.54) is 19.3 Å². The number of para-hydroxylation sites is 1. The van der Waals surface area contributed by atoms with Crippen LogP contribution in [0.2, 0.25) is 0 Å². The van der Waals surface area contributed by atoms with Crippen molar-refractivity contribution in [3.8, 4) is 5.75 Å². The lowest BCUT2D eigenvalue weighted by molar-refractivity contribution is 0.0342. The van der Waals surface area contributed by atoms with Gasteiger partial charge in [-0.25, -0.2) is 0 Å². The maximum absolute atomic E-state index is 13.1. The molecule has 0 aliphatic carbocycles. The smallest absolute Gasteiger partial charge is 0.251 e. The van der Waals surface area contributed by atoms with Gasteiger partial charge in [-0.2, -0.15) is 0 Å². The minimum atomic E-state index is -0.0225. The van der Waals surface area contributed by atoms with Gasteiger partial charge in [-0.05, 0) is 49.7 Å². The molecule has 6 nitrogen and oxygen atoms in total. The molecule has 0 radical (unpaired) electrons. The number of ether oxygens (including phenoxy) is 2. The number of amides is 1. The summed E-state index contributed by atoms with van der Waals surface area (Å²) in [6.07, 6.45) is 3.67. The second-order valence-corrected chi connectivity index (χ2v) is 8.65. The van der Waals surface area contributed by atoms with Gasteiger partial charge in [0, 0.05) is 37.3 Å².